The second kappa shape index (κ2) is 5.57. The molecule has 1 atom stereocenters. The highest BCUT2D eigenvalue weighted by Gasteiger charge is 2.38. The van der Waals surface area contributed by atoms with Crippen LogP contribution in [-0.4, -0.2) is 47.2 Å². The van der Waals surface area contributed by atoms with Crippen LogP contribution >= 0.6 is 0 Å². The van der Waals surface area contributed by atoms with Crippen molar-refractivity contribution < 1.29 is 9.90 Å². The van der Waals surface area contributed by atoms with Crippen molar-refractivity contribution >= 4 is 5.97 Å². The average molecular weight is 254 g/mol. The summed E-state index contributed by atoms with van der Waals surface area (Å²) in [5, 5.41) is 12.6. The molecule has 4 heteroatoms. The summed E-state index contributed by atoms with van der Waals surface area (Å²) in [6, 6.07) is 1.19. The normalized spacial score (nSPS) is 23.7. The third-order valence-electron chi connectivity index (χ3n) is 4.46. The summed E-state index contributed by atoms with van der Waals surface area (Å²) in [6.07, 6.45) is 7.91. The van der Waals surface area contributed by atoms with Gasteiger partial charge in [0.1, 0.15) is 5.54 Å². The number of nitrogens with zero attached hydrogens (tertiary/aromatic N) is 1. The lowest BCUT2D eigenvalue weighted by Crippen LogP contribution is -2.51. The van der Waals surface area contributed by atoms with E-state index in [1.807, 2.05) is 6.92 Å². The Morgan fingerprint density at radius 3 is 2.50 bits per heavy atom. The lowest BCUT2D eigenvalue weighted by molar-refractivity contribution is -0.144. The van der Waals surface area contributed by atoms with Crippen LogP contribution in [0.3, 0.4) is 0 Å². The summed E-state index contributed by atoms with van der Waals surface area (Å²) in [6.45, 7) is 2.84. The Labute approximate surface area is 110 Å². The molecule has 0 aliphatic heterocycles. The predicted octanol–water partition coefficient (Wildman–Crippen LogP) is 1.85. The van der Waals surface area contributed by atoms with Crippen LogP contribution in [0.4, 0.5) is 0 Å². The van der Waals surface area contributed by atoms with Gasteiger partial charge in [0.15, 0.2) is 0 Å². The maximum Gasteiger partial charge on any atom is 0.323 e. The zero-order chi connectivity index (χ0) is 13.2. The van der Waals surface area contributed by atoms with Gasteiger partial charge >= 0.3 is 5.97 Å². The van der Waals surface area contributed by atoms with Crippen molar-refractivity contribution in [2.75, 3.05) is 13.6 Å². The Morgan fingerprint density at radius 1 is 1.39 bits per heavy atom. The number of hydrogen-bond donors (Lipinski definition) is 2. The summed E-state index contributed by atoms with van der Waals surface area (Å²) >= 11 is 0. The zero-order valence-electron chi connectivity index (χ0n) is 11.6. The molecule has 104 valence electrons. The van der Waals surface area contributed by atoms with Crippen molar-refractivity contribution in [1.29, 1.82) is 0 Å². The summed E-state index contributed by atoms with van der Waals surface area (Å²) < 4.78 is 0. The standard InChI is InChI=1S/C14H26N2O2/c1-14(13(17)18,15-11-7-8-11)9-4-10-16(2)12-5-3-6-12/h11-12,15H,3-10H2,1-2H3,(H,17,18). The maximum atomic E-state index is 11.4. The van der Waals surface area contributed by atoms with Gasteiger partial charge in [0.2, 0.25) is 0 Å². The molecule has 0 bridgehead atoms. The number of carboxylic acid groups (broad SMARTS) is 1. The first-order chi connectivity index (χ1) is 8.51. The SMILES string of the molecule is CN(CCCC(C)(NC1CC1)C(=O)O)C1CCC1. The fourth-order valence-electron chi connectivity index (χ4n) is 2.61. The van der Waals surface area contributed by atoms with Crippen LogP contribution in [0.1, 0.15) is 51.9 Å². The second-order valence-electron chi connectivity index (χ2n) is 6.22. The van der Waals surface area contributed by atoms with Crippen molar-refractivity contribution in [2.45, 2.75) is 69.5 Å². The topological polar surface area (TPSA) is 52.6 Å². The van der Waals surface area contributed by atoms with Gasteiger partial charge < -0.3 is 10.0 Å². The third kappa shape index (κ3) is 3.45. The highest BCUT2D eigenvalue weighted by molar-refractivity contribution is 5.78. The molecule has 0 aromatic carbocycles. The number of nitrogens with one attached hydrogen (secondary N) is 1. The van der Waals surface area contributed by atoms with Gasteiger partial charge in [-0.25, -0.2) is 0 Å². The average Bonchev–Trinajstić information content (AvgIpc) is 2.98. The Balaban J connectivity index is 1.72. The van der Waals surface area contributed by atoms with Crippen LogP contribution in [0.15, 0.2) is 0 Å². The van der Waals surface area contributed by atoms with Gasteiger partial charge in [0.05, 0.1) is 0 Å². The molecule has 0 heterocycles. The van der Waals surface area contributed by atoms with Crippen LogP contribution in [0.25, 0.3) is 0 Å². The van der Waals surface area contributed by atoms with Gasteiger partial charge in [-0.05, 0) is 59.0 Å². The van der Waals surface area contributed by atoms with Crippen molar-refractivity contribution in [1.82, 2.24) is 10.2 Å². The fourth-order valence-corrected chi connectivity index (χ4v) is 2.61. The number of rotatable bonds is 8. The molecule has 2 N–H and O–H groups in total. The number of carbonyl (C=O) groups is 1. The molecule has 1 unspecified atom stereocenters. The highest BCUT2D eigenvalue weighted by Crippen LogP contribution is 2.26. The molecule has 2 aliphatic rings. The van der Waals surface area contributed by atoms with Crippen molar-refractivity contribution in [3.63, 3.8) is 0 Å². The summed E-state index contributed by atoms with van der Waals surface area (Å²) in [5.41, 5.74) is -0.735. The van der Waals surface area contributed by atoms with E-state index in [4.69, 9.17) is 0 Å². The molecule has 0 aromatic heterocycles. The fraction of sp³-hybridized carbons (Fsp3) is 0.929. The number of carboxylic acids is 1. The first-order valence-corrected chi connectivity index (χ1v) is 7.22. The molecule has 0 radical (unpaired) electrons. The summed E-state index contributed by atoms with van der Waals surface area (Å²) in [7, 11) is 2.16. The minimum atomic E-state index is -0.735. The minimum absolute atomic E-state index is 0.440. The molecule has 18 heavy (non-hydrogen) atoms. The van der Waals surface area contributed by atoms with Gasteiger partial charge in [-0.2, -0.15) is 0 Å². The van der Waals surface area contributed by atoms with E-state index in [9.17, 15) is 9.90 Å². The van der Waals surface area contributed by atoms with E-state index in [1.165, 1.54) is 19.3 Å². The van der Waals surface area contributed by atoms with Crippen molar-refractivity contribution in [2.24, 2.45) is 0 Å². The summed E-state index contributed by atoms with van der Waals surface area (Å²) in [5.74, 6) is -0.708. The monoisotopic (exact) mass is 254 g/mol. The predicted molar refractivity (Wildman–Crippen MR) is 71.7 cm³/mol. The zero-order valence-corrected chi connectivity index (χ0v) is 11.6. The van der Waals surface area contributed by atoms with Crippen LogP contribution in [0, 0.1) is 0 Å². The molecular formula is C14H26N2O2. The van der Waals surface area contributed by atoms with E-state index in [1.54, 1.807) is 0 Å². The van der Waals surface area contributed by atoms with Crippen LogP contribution < -0.4 is 5.32 Å². The molecular weight excluding hydrogens is 228 g/mol. The van der Waals surface area contributed by atoms with Crippen molar-refractivity contribution in [3.8, 4) is 0 Å². The molecule has 2 rings (SSSR count). The molecule has 0 spiro atoms. The second-order valence-corrected chi connectivity index (χ2v) is 6.22. The molecule has 2 fully saturated rings. The van der Waals surface area contributed by atoms with Crippen LogP contribution in [0.2, 0.25) is 0 Å². The third-order valence-corrected chi connectivity index (χ3v) is 4.46. The van der Waals surface area contributed by atoms with Gasteiger partial charge in [-0.1, -0.05) is 6.42 Å². The van der Waals surface area contributed by atoms with E-state index in [0.29, 0.717) is 6.04 Å². The van der Waals surface area contributed by atoms with Crippen LogP contribution in [0.5, 0.6) is 0 Å². The first kappa shape index (κ1) is 13.8. The van der Waals surface area contributed by atoms with Gasteiger partial charge in [0, 0.05) is 12.1 Å². The Hall–Kier alpha value is -0.610. The first-order valence-electron chi connectivity index (χ1n) is 7.22. The minimum Gasteiger partial charge on any atom is -0.480 e. The quantitative estimate of drug-likeness (QED) is 0.694. The molecule has 0 aromatic rings. The van der Waals surface area contributed by atoms with Crippen LogP contribution in [-0.2, 0) is 4.79 Å². The highest BCUT2D eigenvalue weighted by atomic mass is 16.4. The Kier molecular flexibility index (Phi) is 4.28. The smallest absolute Gasteiger partial charge is 0.323 e. The largest absolute Gasteiger partial charge is 0.480 e. The van der Waals surface area contributed by atoms with Gasteiger partial charge in [0.25, 0.3) is 0 Å². The Bertz CT molecular complexity index is 300. The lowest BCUT2D eigenvalue weighted by Gasteiger charge is -2.35. The van der Waals surface area contributed by atoms with E-state index in [0.717, 1.165) is 38.3 Å². The molecule has 2 aliphatic carbocycles. The van der Waals surface area contributed by atoms with Crippen molar-refractivity contribution in [3.05, 3.63) is 0 Å². The molecule has 0 amide bonds. The molecule has 2 saturated carbocycles. The number of aliphatic carboxylic acids is 1. The van der Waals surface area contributed by atoms with E-state index < -0.39 is 11.5 Å². The Morgan fingerprint density at radius 2 is 2.06 bits per heavy atom. The van der Waals surface area contributed by atoms with E-state index in [2.05, 4.69) is 17.3 Å². The summed E-state index contributed by atoms with van der Waals surface area (Å²) in [4.78, 5) is 13.8. The molecule has 4 nitrogen and oxygen atoms in total. The van der Waals surface area contributed by atoms with E-state index >= 15 is 0 Å². The lowest BCUT2D eigenvalue weighted by atomic mass is 9.91. The molecule has 0 saturated heterocycles. The van der Waals surface area contributed by atoms with Gasteiger partial charge in [-0.3, -0.25) is 10.1 Å². The van der Waals surface area contributed by atoms with Gasteiger partial charge in [-0.15, -0.1) is 0 Å². The number of hydrogen-bond acceptors (Lipinski definition) is 3. The van der Waals surface area contributed by atoms with E-state index in [-0.39, 0.29) is 0 Å². The maximum absolute atomic E-state index is 11.4.